The van der Waals surface area contributed by atoms with Crippen molar-refractivity contribution in [2.75, 3.05) is 20.7 Å². The number of aliphatic hydroxyl groups is 1. The third kappa shape index (κ3) is 57.0. The normalized spacial score (nSPS) is 12.6. The predicted octanol–water partition coefficient (Wildman–Crippen LogP) is 36.3. The minimum atomic E-state index is -0.800. The van der Waals surface area contributed by atoms with Gasteiger partial charge in [0.1, 0.15) is 17.4 Å². The third-order valence-corrected chi connectivity index (χ3v) is 21.4. The molecule has 2 unspecified atom stereocenters. The van der Waals surface area contributed by atoms with Crippen molar-refractivity contribution in [3.63, 3.8) is 0 Å². The van der Waals surface area contributed by atoms with E-state index in [0.29, 0.717) is 75.3 Å². The quantitative estimate of drug-likeness (QED) is 0.0359. The number of aliphatic imine (C=N–C) groups is 1. The lowest BCUT2D eigenvalue weighted by Crippen LogP contribution is -2.29. The second-order valence-electron chi connectivity index (χ2n) is 38.0. The molecule has 2 N–H and O–H groups in total. The van der Waals surface area contributed by atoms with Crippen LogP contribution in [0.1, 0.15) is 286 Å². The van der Waals surface area contributed by atoms with E-state index in [9.17, 15) is 32.3 Å². The number of ether oxygens (including phenoxy) is 1. The molecule has 1 aliphatic rings. The third-order valence-electron chi connectivity index (χ3n) is 20.3. The molecule has 0 radical (unpaired) electrons. The molecule has 0 aromatic heterocycles. The molecule has 9 rings (SSSR count). The molecule has 726 valence electrons. The van der Waals surface area contributed by atoms with E-state index in [4.69, 9.17) is 61.2 Å². The van der Waals surface area contributed by atoms with Gasteiger partial charge in [0.15, 0.2) is 11.6 Å². The largest absolute Gasteiger partial charge is 0.496 e. The number of amides is 1. The Labute approximate surface area is 817 Å². The molecule has 0 bridgehead atoms. The summed E-state index contributed by atoms with van der Waals surface area (Å²) in [6.07, 6.45) is 19.5. The maximum absolute atomic E-state index is 13.2. The average molecular weight is 1890 g/mol. The lowest BCUT2D eigenvalue weighted by atomic mass is 9.97. The first-order chi connectivity index (χ1) is 61.7. The second kappa shape index (κ2) is 67.4. The highest BCUT2D eigenvalue weighted by molar-refractivity contribution is 6.35. The van der Waals surface area contributed by atoms with Crippen molar-refractivity contribution in [2.45, 2.75) is 257 Å². The van der Waals surface area contributed by atoms with Gasteiger partial charge >= 0.3 is 5.97 Å². The molecule has 1 aliphatic heterocycles. The number of benzene rings is 8. The molecule has 1 heterocycles. The minimum Gasteiger partial charge on any atom is -0.496 e. The number of carbonyl (C=O) groups excluding carboxylic acids is 1. The minimum absolute atomic E-state index is 0.142. The Morgan fingerprint density at radius 2 is 0.939 bits per heavy atom. The van der Waals surface area contributed by atoms with Crippen LogP contribution in [-0.4, -0.2) is 53.4 Å². The maximum Gasteiger partial charge on any atom is 0.303 e. The zero-order valence-corrected chi connectivity index (χ0v) is 88.6. The van der Waals surface area contributed by atoms with Gasteiger partial charge in [0, 0.05) is 57.8 Å². The highest BCUT2D eigenvalue weighted by Gasteiger charge is 2.16. The van der Waals surface area contributed by atoms with E-state index in [2.05, 4.69) is 231 Å². The first-order valence-corrected chi connectivity index (χ1v) is 48.3. The molecule has 2 atom stereocenters. The Hall–Kier alpha value is -8.81. The van der Waals surface area contributed by atoms with Gasteiger partial charge in [-0.25, -0.2) is 17.6 Å². The highest BCUT2D eigenvalue weighted by atomic mass is 35.5. The summed E-state index contributed by atoms with van der Waals surface area (Å²) in [4.78, 5) is 27.9. The molecule has 8 aromatic carbocycles. The Morgan fingerprint density at radius 3 is 1.37 bits per heavy atom. The average Bonchev–Trinajstić information content (AvgIpc) is 1.33. The predicted molar refractivity (Wildman–Crippen MR) is 568 cm³/mol. The zero-order chi connectivity index (χ0) is 101. The van der Waals surface area contributed by atoms with Crippen LogP contribution >= 0.6 is 46.4 Å². The van der Waals surface area contributed by atoms with Gasteiger partial charge in [-0.2, -0.15) is 0 Å². The Kier molecular flexibility index (Phi) is 62.9. The van der Waals surface area contributed by atoms with Gasteiger partial charge in [0.25, 0.3) is 0 Å². The number of aliphatic carboxylic acids is 1. The summed E-state index contributed by atoms with van der Waals surface area (Å²) in [5, 5.41) is 21.0. The molecule has 0 aliphatic carbocycles. The molecule has 0 saturated carbocycles. The van der Waals surface area contributed by atoms with Gasteiger partial charge in [-0.15, -0.1) is 0 Å². The number of nitrogens with zero attached hydrogens (tertiary/aromatic N) is 2. The van der Waals surface area contributed by atoms with Crippen molar-refractivity contribution in [3.05, 3.63) is 336 Å². The van der Waals surface area contributed by atoms with Crippen molar-refractivity contribution in [3.8, 4) is 5.75 Å². The lowest BCUT2D eigenvalue weighted by molar-refractivity contribution is -0.137. The first-order valence-electron chi connectivity index (χ1n) is 46.7. The fourth-order valence-corrected chi connectivity index (χ4v) is 13.8. The number of aryl methyl sites for hydroxylation is 2. The second-order valence-corrected chi connectivity index (χ2v) is 39.7. The number of rotatable bonds is 29. The van der Waals surface area contributed by atoms with Gasteiger partial charge in [0.2, 0.25) is 5.91 Å². The molecular weight excluding hydrogens is 1730 g/mol. The molecule has 132 heavy (non-hydrogen) atoms. The van der Waals surface area contributed by atoms with Crippen molar-refractivity contribution >= 4 is 86.3 Å². The van der Waals surface area contributed by atoms with E-state index in [1.807, 2.05) is 151 Å². The van der Waals surface area contributed by atoms with Crippen molar-refractivity contribution in [2.24, 2.45) is 70.1 Å². The topological polar surface area (TPSA) is 99.4 Å². The number of allylic oxidation sites excluding steroid dienone is 11. The van der Waals surface area contributed by atoms with E-state index in [1.165, 1.54) is 80.9 Å². The number of carboxylic acids is 1. The summed E-state index contributed by atoms with van der Waals surface area (Å²) in [7, 11) is 3.56. The summed E-state index contributed by atoms with van der Waals surface area (Å²) in [5.74, 6) is 4.22. The van der Waals surface area contributed by atoms with E-state index >= 15 is 0 Å². The van der Waals surface area contributed by atoms with Crippen LogP contribution in [0.2, 0.25) is 20.1 Å². The molecule has 8 aromatic rings. The van der Waals surface area contributed by atoms with Crippen LogP contribution in [0.4, 0.5) is 17.6 Å². The van der Waals surface area contributed by atoms with Crippen LogP contribution in [0.3, 0.4) is 0 Å². The number of methoxy groups -OCH3 is 1. The fraction of sp³-hybridized carbons (Fsp3) is 0.444. The number of aliphatic hydroxyl groups excluding tert-OH is 1. The van der Waals surface area contributed by atoms with Crippen molar-refractivity contribution < 1.29 is 42.1 Å². The van der Waals surface area contributed by atoms with Gasteiger partial charge in [-0.05, 0) is 302 Å². The van der Waals surface area contributed by atoms with Crippen molar-refractivity contribution in [1.29, 1.82) is 0 Å². The van der Waals surface area contributed by atoms with E-state index in [0.717, 1.165) is 105 Å². The number of carbonyl (C=O) groups is 2. The van der Waals surface area contributed by atoms with E-state index in [-0.39, 0.29) is 42.0 Å². The van der Waals surface area contributed by atoms with Gasteiger partial charge in [0.05, 0.1) is 19.3 Å². The summed E-state index contributed by atoms with van der Waals surface area (Å²) >= 11 is 23.6. The number of halogens is 8. The zero-order valence-electron chi connectivity index (χ0n) is 85.5. The van der Waals surface area contributed by atoms with E-state index in [1.54, 1.807) is 25.3 Å². The molecule has 0 saturated heterocycles. The van der Waals surface area contributed by atoms with Gasteiger partial charge < -0.3 is 19.8 Å². The number of hydrogen-bond acceptors (Lipinski definition) is 5. The number of carboxylic acid groups (broad SMARTS) is 1. The summed E-state index contributed by atoms with van der Waals surface area (Å²) in [6.45, 7) is 67.6. The van der Waals surface area contributed by atoms with Crippen LogP contribution in [-0.2, 0) is 22.4 Å². The lowest BCUT2D eigenvalue weighted by Gasteiger charge is -2.19. The van der Waals surface area contributed by atoms with Crippen LogP contribution in [0.5, 0.6) is 5.75 Å². The van der Waals surface area contributed by atoms with Gasteiger partial charge in [-0.1, -0.05) is 350 Å². The van der Waals surface area contributed by atoms with Gasteiger partial charge in [-0.3, -0.25) is 14.6 Å². The molecule has 1 amide bonds. The molecule has 7 nitrogen and oxygen atoms in total. The van der Waals surface area contributed by atoms with Crippen molar-refractivity contribution in [1.82, 2.24) is 4.90 Å². The van der Waals surface area contributed by atoms with Crippen LogP contribution in [0, 0.1) is 102 Å². The smallest absolute Gasteiger partial charge is 0.303 e. The maximum atomic E-state index is 13.2. The molecule has 0 spiro atoms. The monoisotopic (exact) mass is 1890 g/mol. The SMILES string of the molecule is C/C(=C/C(C)C)c1ccc(Cl)cc1Cl.C/C(=C/C(C)C)c1ccc(F)c(F)c1.C/C(=C/C(C)C)c1ccccc1F.C/C(=C\C(C)C)c1ccc(Cl)cc1C.C=C(Cc1ccc(Cl)cc1)C(C)C.C=C(Cc1ccc(F)cc1)C(C)C.CC(C)CC(=O)O.CC(C)CCC1=NC(c2ccccc2)C=C1.CC(C)CCN(C)C(=O)CC(C)C.COc1ccc(C(O)CC(C)C)cc1C. The standard InChI is InChI=1S/C15H19N.C13H17Cl.C13H20O2.C12H14Cl2.C12H15Cl.C12H14F2.2C12H15F.C11H23NO.C5H10O2/c1-12(2)8-9-14-10-11-15(16-14)13-6-4-3-5-7-13;1-9(2)7-10(3)13-6-5-12(14)8-11(13)4;1-9(2)7-12(14)11-5-6-13(15-4)10(3)8-11;1-8(2)6-9(3)11-5-4-10(13)7-12(11)14;1-9(2)10(3)8-11-4-6-12(13)7-5-11;1-8(2)6-9(3)10-4-5-11(13)12(14)7-10;1-9(2)10(3)8-11-4-6-12(13)7-5-11;1-9(2)8-10(3)11-6-4-5-7-12(11)13;1-9(2)6-7-12(5)11(13)8-10(3)4;1-4(2)3-5(6)7/h3-7,10-12,15H,8-9H2,1-2H3;5-9H,1-4H3;5-6,8-9,12,14H,7H2,1-4H3;4-8H,1-3H3;4-7,9H,3,8H2,1-2H3;4-8H,1-3H3;4-7,9H,3,8H2,1-2H3;4-9H,1-3H3;9-10H,6-8H2,1-5H3;4H,3H2,1-2H3,(H,6,7)/b;10-7+;;9-6-;;9-6-;;10-8-;;. The summed E-state index contributed by atoms with van der Waals surface area (Å²) in [5.41, 5.74) is 19.0. The fourth-order valence-electron chi connectivity index (χ4n) is 12.9. The van der Waals surface area contributed by atoms with Crippen LogP contribution in [0.25, 0.3) is 22.3 Å². The number of hydrogen-bond donors (Lipinski definition) is 2. The van der Waals surface area contributed by atoms with Crippen LogP contribution < -0.4 is 4.74 Å². The van der Waals surface area contributed by atoms with E-state index < -0.39 is 17.6 Å². The first kappa shape index (κ1) is 123. The highest BCUT2D eigenvalue weighted by Crippen LogP contribution is 2.31. The molecule has 15 heteroatoms. The Bertz CT molecular complexity index is 4720. The Balaban J connectivity index is 0.00000145. The summed E-state index contributed by atoms with van der Waals surface area (Å²) in [6, 6.07) is 53.6. The molecular formula is C117H162Cl4F4N2O5. The molecule has 0 fully saturated rings. The van der Waals surface area contributed by atoms with Crippen LogP contribution in [0.15, 0.2) is 242 Å². The summed E-state index contributed by atoms with van der Waals surface area (Å²) < 4.78 is 56.5. The Morgan fingerprint density at radius 1 is 0.477 bits per heavy atom.